The molecule has 114 heavy (non-hydrogen) atoms. The monoisotopic (exact) mass is 1620 g/mol. The van der Waals surface area contributed by atoms with E-state index in [-0.39, 0.29) is 101 Å². The fraction of sp³-hybridized carbons (Fsp3) is 0.581. The molecule has 14 atom stereocenters. The van der Waals surface area contributed by atoms with Gasteiger partial charge in [0.25, 0.3) is 0 Å². The number of phenolic OH excluding ortho intramolecular Hbond substituents is 1. The normalized spacial score (nSPS) is 16.0. The summed E-state index contributed by atoms with van der Waals surface area (Å²) in [4.78, 5) is 234. The minimum absolute atomic E-state index is 0.0101. The molecule has 1 fully saturated rings. The van der Waals surface area contributed by atoms with Gasteiger partial charge in [-0.3, -0.25) is 81.5 Å². The first-order chi connectivity index (χ1) is 53.7. The Balaban J connectivity index is 1.52. The number of thioether (sulfide) groups is 1. The number of phenols is 1. The number of aromatic amines is 1. The molecule has 0 spiro atoms. The molecule has 0 saturated carbocycles. The highest BCUT2D eigenvalue weighted by Crippen LogP contribution is 2.23. The molecule has 1 aromatic heterocycles. The number of nitrogens with two attached hydrogens (primary N) is 6. The van der Waals surface area contributed by atoms with E-state index in [0.29, 0.717) is 34.9 Å². The van der Waals surface area contributed by atoms with Gasteiger partial charge < -0.3 is 118 Å². The Bertz CT molecular complexity index is 3860. The molecule has 39 nitrogen and oxygen atoms in total. The number of nitrogens with zero attached hydrogens (tertiary/aromatic N) is 1. The Hall–Kier alpha value is -11.0. The second-order valence-electron chi connectivity index (χ2n) is 29.1. The van der Waals surface area contributed by atoms with Gasteiger partial charge in [0.1, 0.15) is 78.3 Å². The first kappa shape index (κ1) is 95.4. The van der Waals surface area contributed by atoms with Crippen molar-refractivity contribution in [3.05, 3.63) is 65.9 Å². The third-order valence-corrected chi connectivity index (χ3v) is 19.1. The van der Waals surface area contributed by atoms with Crippen molar-refractivity contribution in [2.24, 2.45) is 46.2 Å². The van der Waals surface area contributed by atoms with Gasteiger partial charge in [-0.15, -0.1) is 0 Å². The van der Waals surface area contributed by atoms with Crippen LogP contribution in [0.3, 0.4) is 0 Å². The summed E-state index contributed by atoms with van der Waals surface area (Å²) in [5, 5.41) is 52.5. The van der Waals surface area contributed by atoms with Crippen LogP contribution in [0.4, 0.5) is 0 Å². The van der Waals surface area contributed by atoms with E-state index in [9.17, 15) is 91.7 Å². The van der Waals surface area contributed by atoms with Crippen molar-refractivity contribution in [3.63, 3.8) is 0 Å². The number of primary amides is 4. The van der Waals surface area contributed by atoms with Crippen LogP contribution < -0.4 is 98.2 Å². The summed E-state index contributed by atoms with van der Waals surface area (Å²) < 4.78 is 0. The molecule has 40 heteroatoms. The van der Waals surface area contributed by atoms with Gasteiger partial charge in [0, 0.05) is 49.3 Å². The smallest absolute Gasteiger partial charge is 0.248 e. The van der Waals surface area contributed by atoms with E-state index in [1.165, 1.54) is 56.8 Å². The van der Waals surface area contributed by atoms with Gasteiger partial charge in [-0.25, -0.2) is 0 Å². The van der Waals surface area contributed by atoms with Gasteiger partial charge in [-0.2, -0.15) is 11.8 Å². The minimum Gasteiger partial charge on any atom is -0.508 e. The standard InChI is InChI=1S/C74H114N20O19S/c1-37(2)30-52(69(108)87-49(16-11-12-27-75)66(105)82-36-60(100)83-39(5)63(102)85-48(62(80)101)22-24-57(77)97)91-71(110)54(32-42-18-20-44(96)21-19-42)92-70(109)53(31-38(3)4)90-68(107)51(26-29-114-8)86-64(103)40(6)84-67(106)50(23-25-58(78)98)88-73(112)56-17-13-28-94(56)74(113)61(41(7)95)93-72(111)55(89-65(104)46(76)34-59(79)99)33-43-35-81-47-15-10-9-14-45(43)47/h9-10,14-15,18-21,35,37-41,46,48-56,61,81,95-96H,11-13,16-17,22-34,36,75-76H2,1-8H3,(H2,77,97)(H2,78,98)(H2,79,99)(H2,80,101)(H,82,105)(H,83,100)(H,84,106)(H,85,102)(H,86,103)(H,87,108)(H,88,112)(H,89,104)(H,90,107)(H,91,110)(H,92,109)(H,93,111). The SMILES string of the molecule is CSCCC(NC(=O)C(C)NC(=O)C(CCC(N)=O)NC(=O)C1CCCN1C(=O)C(NC(=O)C(Cc1c[nH]c2ccccc12)NC(=O)C(N)CC(N)=O)C(C)O)C(=O)NC(CC(C)C)C(=O)NC(Cc1ccc(O)cc1)C(=O)NC(CC(C)C)C(=O)NC(CCCCN)C(=O)NCC(=O)NC(C)C(=O)NC(CCC(N)=O)C(N)=O. The van der Waals surface area contributed by atoms with E-state index >= 15 is 0 Å². The number of aromatic hydroxyl groups is 1. The van der Waals surface area contributed by atoms with Crippen LogP contribution in [0.15, 0.2) is 54.7 Å². The van der Waals surface area contributed by atoms with Crippen molar-refractivity contribution < 1.29 is 91.7 Å². The number of hydrogen-bond acceptors (Lipinski definition) is 22. The number of amides is 17. The fourth-order valence-electron chi connectivity index (χ4n) is 12.3. The van der Waals surface area contributed by atoms with Gasteiger partial charge in [-0.05, 0) is 145 Å². The van der Waals surface area contributed by atoms with E-state index in [1.807, 2.05) is 0 Å². The van der Waals surface area contributed by atoms with E-state index in [2.05, 4.69) is 68.8 Å². The average Bonchev–Trinajstić information content (AvgIpc) is 1.58. The molecule has 630 valence electrons. The number of hydrogen-bond donors (Lipinski definition) is 21. The zero-order chi connectivity index (χ0) is 85.2. The number of benzene rings is 2. The molecule has 4 rings (SSSR count). The van der Waals surface area contributed by atoms with Crippen LogP contribution >= 0.6 is 11.8 Å². The van der Waals surface area contributed by atoms with Gasteiger partial charge in [0.15, 0.2) is 0 Å². The third-order valence-electron chi connectivity index (χ3n) is 18.5. The molecule has 14 unspecified atom stereocenters. The molecule has 1 saturated heterocycles. The molecule has 17 amide bonds. The van der Waals surface area contributed by atoms with E-state index in [4.69, 9.17) is 34.4 Å². The zero-order valence-corrected chi connectivity index (χ0v) is 66.3. The van der Waals surface area contributed by atoms with Crippen molar-refractivity contribution >= 4 is 123 Å². The number of rotatable bonds is 50. The summed E-state index contributed by atoms with van der Waals surface area (Å²) in [5.41, 5.74) is 34.7. The Morgan fingerprint density at radius 3 is 1.59 bits per heavy atom. The van der Waals surface area contributed by atoms with E-state index < -0.39 is 211 Å². The van der Waals surface area contributed by atoms with Crippen molar-refractivity contribution in [1.82, 2.24) is 73.7 Å². The molecule has 2 aromatic carbocycles. The number of para-hydroxylation sites is 1. The largest absolute Gasteiger partial charge is 0.508 e. The first-order valence-electron chi connectivity index (χ1n) is 37.7. The lowest BCUT2D eigenvalue weighted by Gasteiger charge is -2.32. The molecule has 1 aliphatic rings. The highest BCUT2D eigenvalue weighted by atomic mass is 32.2. The number of fused-ring (bicyclic) bond motifs is 1. The number of carbonyl (C=O) groups excluding carboxylic acids is 17. The zero-order valence-electron chi connectivity index (χ0n) is 65.5. The van der Waals surface area contributed by atoms with Crippen LogP contribution in [0, 0.1) is 11.8 Å². The van der Waals surface area contributed by atoms with Crippen LogP contribution in [-0.2, 0) is 94.3 Å². The molecule has 27 N–H and O–H groups in total. The number of H-pyrrole nitrogens is 1. The van der Waals surface area contributed by atoms with Crippen molar-refractivity contribution in [1.29, 1.82) is 0 Å². The average molecular weight is 1620 g/mol. The van der Waals surface area contributed by atoms with Crippen LogP contribution in [-0.4, -0.2) is 237 Å². The van der Waals surface area contributed by atoms with E-state index in [0.717, 1.165) is 4.90 Å². The Morgan fingerprint density at radius 1 is 0.535 bits per heavy atom. The van der Waals surface area contributed by atoms with Gasteiger partial charge in [-0.1, -0.05) is 58.0 Å². The lowest BCUT2D eigenvalue weighted by Crippen LogP contribution is -2.61. The van der Waals surface area contributed by atoms with Gasteiger partial charge >= 0.3 is 0 Å². The first-order valence-corrected chi connectivity index (χ1v) is 39.1. The minimum atomic E-state index is -1.73. The third kappa shape index (κ3) is 32.2. The highest BCUT2D eigenvalue weighted by Gasteiger charge is 2.43. The molecule has 2 heterocycles. The molecule has 3 aromatic rings. The van der Waals surface area contributed by atoms with Gasteiger partial charge in [0.05, 0.1) is 25.1 Å². The summed E-state index contributed by atoms with van der Waals surface area (Å²) in [6, 6.07) is -5.76. The molecular formula is C74H114N20O19S. The predicted octanol–water partition coefficient (Wildman–Crippen LogP) is -5.29. The predicted molar refractivity (Wildman–Crippen MR) is 418 cm³/mol. The molecule has 0 bridgehead atoms. The number of aliphatic hydroxyl groups excluding tert-OH is 1. The Morgan fingerprint density at radius 2 is 1.03 bits per heavy atom. The van der Waals surface area contributed by atoms with Crippen molar-refractivity contribution in [3.8, 4) is 5.75 Å². The Labute approximate surface area is 664 Å². The second kappa shape index (κ2) is 47.5. The molecule has 1 aliphatic heterocycles. The topological polar surface area (TPSA) is 650 Å². The summed E-state index contributed by atoms with van der Waals surface area (Å²) in [7, 11) is 0. The molecular weight excluding hydrogens is 1510 g/mol. The maximum atomic E-state index is 14.7. The highest BCUT2D eigenvalue weighted by molar-refractivity contribution is 7.98. The summed E-state index contributed by atoms with van der Waals surface area (Å²) in [5.74, 6) is -15.5. The van der Waals surface area contributed by atoms with Crippen LogP contribution in [0.2, 0.25) is 0 Å². The number of aliphatic hydroxyl groups is 1. The fourth-order valence-corrected chi connectivity index (χ4v) is 12.8. The van der Waals surface area contributed by atoms with Gasteiger partial charge in [0.2, 0.25) is 100 Å². The summed E-state index contributed by atoms with van der Waals surface area (Å²) in [6.45, 7) is 10.3. The number of carbonyl (C=O) groups is 17. The van der Waals surface area contributed by atoms with Crippen molar-refractivity contribution in [2.75, 3.05) is 31.6 Å². The van der Waals surface area contributed by atoms with Crippen LogP contribution in [0.5, 0.6) is 5.75 Å². The number of aromatic nitrogens is 1. The van der Waals surface area contributed by atoms with Crippen LogP contribution in [0.1, 0.15) is 143 Å². The maximum Gasteiger partial charge on any atom is 0.248 e. The summed E-state index contributed by atoms with van der Waals surface area (Å²) in [6.07, 6.45) is 0.366. The number of unbranched alkanes of at least 4 members (excludes halogenated alkanes) is 1. The van der Waals surface area contributed by atoms with Crippen molar-refractivity contribution in [2.45, 2.75) is 229 Å². The quantitative estimate of drug-likeness (QED) is 0.0235. The molecule has 0 radical (unpaired) electrons. The second-order valence-corrected chi connectivity index (χ2v) is 30.1. The number of nitrogens with one attached hydrogen (secondary N) is 13. The maximum absolute atomic E-state index is 14.7. The summed E-state index contributed by atoms with van der Waals surface area (Å²) >= 11 is 1.31. The number of likely N-dealkylation sites (tertiary alicyclic amines) is 1. The lowest BCUT2D eigenvalue weighted by atomic mass is 9.99. The van der Waals surface area contributed by atoms with Crippen LogP contribution in [0.25, 0.3) is 10.9 Å². The van der Waals surface area contributed by atoms with E-state index in [1.54, 1.807) is 64.4 Å². The Kier molecular flexibility index (Phi) is 39.7. The lowest BCUT2D eigenvalue weighted by molar-refractivity contribution is -0.144. The molecule has 0 aliphatic carbocycles.